The molecule has 0 radical (unpaired) electrons. The highest BCUT2D eigenvalue weighted by Gasteiger charge is 2.25. The Morgan fingerprint density at radius 2 is 1.69 bits per heavy atom. The summed E-state index contributed by atoms with van der Waals surface area (Å²) in [6, 6.07) is 13.7. The van der Waals surface area contributed by atoms with Gasteiger partial charge in [0.15, 0.2) is 5.78 Å². The van der Waals surface area contributed by atoms with Crippen LogP contribution in [0.25, 0.3) is 0 Å². The van der Waals surface area contributed by atoms with Gasteiger partial charge in [0.2, 0.25) is 11.9 Å². The Morgan fingerprint density at radius 3 is 2.50 bits per heavy atom. The zero-order valence-electron chi connectivity index (χ0n) is 20.1. The van der Waals surface area contributed by atoms with Crippen LogP contribution < -0.4 is 16.0 Å². The summed E-state index contributed by atoms with van der Waals surface area (Å²) >= 11 is 1.89. The van der Waals surface area contributed by atoms with Crippen molar-refractivity contribution in [3.63, 3.8) is 0 Å². The second-order valence-corrected chi connectivity index (χ2v) is 10.8. The maximum Gasteiger partial charge on any atom is 0.229 e. The molecule has 0 bridgehead atoms. The summed E-state index contributed by atoms with van der Waals surface area (Å²) < 4.78 is 0. The third kappa shape index (κ3) is 4.82. The van der Waals surface area contributed by atoms with Crippen molar-refractivity contribution in [1.29, 1.82) is 0 Å². The van der Waals surface area contributed by atoms with Crippen LogP contribution in [0.4, 0.5) is 28.8 Å². The van der Waals surface area contributed by atoms with E-state index in [2.05, 4.69) is 22.0 Å². The lowest BCUT2D eigenvalue weighted by Gasteiger charge is -2.24. The normalized spacial score (nSPS) is 16.9. The van der Waals surface area contributed by atoms with Crippen LogP contribution in [-0.2, 0) is 23.4 Å². The number of aromatic nitrogens is 2. The first kappa shape index (κ1) is 23.0. The number of hydrogen-bond donors (Lipinski definition) is 3. The molecule has 3 aromatic rings. The fourth-order valence-corrected chi connectivity index (χ4v) is 5.92. The number of ketones is 1. The number of aryl methyl sites for hydroxylation is 2. The topological polar surface area (TPSA) is 96.0 Å². The second kappa shape index (κ2) is 9.93. The average molecular weight is 500 g/mol. The predicted octanol–water partition coefficient (Wildman–Crippen LogP) is 6.01. The highest BCUT2D eigenvalue weighted by atomic mass is 32.2. The summed E-state index contributed by atoms with van der Waals surface area (Å²) in [5.74, 6) is 3.77. The molecule has 0 unspecified atom stereocenters. The van der Waals surface area contributed by atoms with Crippen molar-refractivity contribution in [1.82, 2.24) is 9.97 Å². The van der Waals surface area contributed by atoms with E-state index in [-0.39, 0.29) is 17.6 Å². The zero-order valence-corrected chi connectivity index (χ0v) is 20.9. The van der Waals surface area contributed by atoms with Crippen molar-refractivity contribution < 1.29 is 9.59 Å². The van der Waals surface area contributed by atoms with Crippen molar-refractivity contribution in [2.45, 2.75) is 50.7 Å². The molecule has 1 aliphatic heterocycles. The van der Waals surface area contributed by atoms with Gasteiger partial charge in [-0.3, -0.25) is 9.59 Å². The van der Waals surface area contributed by atoms with Gasteiger partial charge in [-0.2, -0.15) is 16.7 Å². The van der Waals surface area contributed by atoms with E-state index in [1.807, 2.05) is 48.2 Å². The van der Waals surface area contributed by atoms with Crippen molar-refractivity contribution in [2.75, 3.05) is 21.7 Å². The molecule has 6 rings (SSSR count). The van der Waals surface area contributed by atoms with E-state index in [1.54, 1.807) is 0 Å². The van der Waals surface area contributed by atoms with Crippen LogP contribution in [0, 0.1) is 5.92 Å². The number of benzene rings is 2. The molecule has 1 amide bonds. The Kier molecular flexibility index (Phi) is 6.35. The number of rotatable bonds is 6. The van der Waals surface area contributed by atoms with Gasteiger partial charge >= 0.3 is 0 Å². The third-order valence-electron chi connectivity index (χ3n) is 7.23. The Labute approximate surface area is 214 Å². The molecule has 36 heavy (non-hydrogen) atoms. The molecule has 8 heteroatoms. The number of Topliss-reactive ketones (excluding diaryl/α,β-unsaturated/α-hetero) is 1. The molecule has 7 nitrogen and oxygen atoms in total. The first-order valence-corrected chi connectivity index (χ1v) is 13.9. The first-order valence-electron chi connectivity index (χ1n) is 12.7. The van der Waals surface area contributed by atoms with Crippen LogP contribution in [-0.4, -0.2) is 27.4 Å². The van der Waals surface area contributed by atoms with E-state index in [4.69, 9.17) is 9.97 Å². The van der Waals surface area contributed by atoms with E-state index in [0.717, 1.165) is 95.3 Å². The van der Waals surface area contributed by atoms with Gasteiger partial charge in [-0.05, 0) is 85.9 Å². The lowest BCUT2D eigenvalue weighted by Crippen LogP contribution is -2.27. The number of anilines is 5. The molecule has 1 aromatic heterocycles. The number of thioether (sulfide) groups is 1. The maximum absolute atomic E-state index is 12.2. The number of carbonyl (C=O) groups excluding carboxylic acids is 2. The van der Waals surface area contributed by atoms with Crippen molar-refractivity contribution in [3.8, 4) is 0 Å². The van der Waals surface area contributed by atoms with Crippen molar-refractivity contribution in [3.05, 3.63) is 64.8 Å². The van der Waals surface area contributed by atoms with Crippen LogP contribution in [0.5, 0.6) is 0 Å². The quantitative estimate of drug-likeness (QED) is 0.382. The molecule has 1 fully saturated rings. The number of hydrogen-bond acceptors (Lipinski definition) is 7. The minimum absolute atomic E-state index is 0.117. The monoisotopic (exact) mass is 499 g/mol. The molecule has 0 saturated heterocycles. The number of nitrogens with one attached hydrogen (secondary N) is 3. The van der Waals surface area contributed by atoms with E-state index < -0.39 is 0 Å². The molecule has 3 N–H and O–H groups in total. The SMILES string of the molecule is O=C1CCCc2cc(Nc3nc4c(c(Nc5ccc(NC(=O)C6CCC6)cc5)n3)CSCC4)ccc21. The van der Waals surface area contributed by atoms with Gasteiger partial charge in [0, 0.05) is 46.3 Å². The Balaban J connectivity index is 1.22. The van der Waals surface area contributed by atoms with E-state index >= 15 is 0 Å². The Bertz CT molecular complexity index is 1320. The third-order valence-corrected chi connectivity index (χ3v) is 8.21. The number of nitrogens with zero attached hydrogens (tertiary/aromatic N) is 2. The Morgan fingerprint density at radius 1 is 0.889 bits per heavy atom. The van der Waals surface area contributed by atoms with Crippen molar-refractivity contribution in [2.24, 2.45) is 5.92 Å². The summed E-state index contributed by atoms with van der Waals surface area (Å²) in [4.78, 5) is 34.1. The summed E-state index contributed by atoms with van der Waals surface area (Å²) in [5.41, 5.74) is 6.74. The lowest BCUT2D eigenvalue weighted by molar-refractivity contribution is -0.122. The highest BCUT2D eigenvalue weighted by Crippen LogP contribution is 2.33. The molecular weight excluding hydrogens is 470 g/mol. The van der Waals surface area contributed by atoms with Crippen LogP contribution >= 0.6 is 11.8 Å². The molecule has 0 spiro atoms. The van der Waals surface area contributed by atoms with Gasteiger partial charge in [0.05, 0.1) is 5.69 Å². The van der Waals surface area contributed by atoms with Crippen molar-refractivity contribution >= 4 is 52.3 Å². The standard InChI is InChI=1S/C28H29N5O2S/c34-25-6-2-5-18-15-21(11-12-22(18)25)31-28-32-24-13-14-36-16-23(24)26(33-28)29-19-7-9-20(10-8-19)30-27(35)17-3-1-4-17/h7-12,15,17H,1-6,13-14,16H2,(H,30,35)(H2,29,31,32,33). The molecule has 2 aliphatic carbocycles. The Hall–Kier alpha value is -3.39. The molecule has 184 valence electrons. The van der Waals surface area contributed by atoms with E-state index in [0.29, 0.717) is 12.4 Å². The van der Waals surface area contributed by atoms with Crippen LogP contribution in [0.15, 0.2) is 42.5 Å². The van der Waals surface area contributed by atoms with Gasteiger partial charge in [-0.25, -0.2) is 4.98 Å². The molecule has 2 heterocycles. The highest BCUT2D eigenvalue weighted by molar-refractivity contribution is 7.98. The minimum atomic E-state index is 0.117. The number of fused-ring (bicyclic) bond motifs is 2. The molecule has 0 atom stereocenters. The van der Waals surface area contributed by atoms with E-state index in [1.165, 1.54) is 0 Å². The van der Waals surface area contributed by atoms with Gasteiger partial charge in [-0.15, -0.1) is 0 Å². The number of carbonyl (C=O) groups is 2. The van der Waals surface area contributed by atoms with E-state index in [9.17, 15) is 9.59 Å². The van der Waals surface area contributed by atoms with Gasteiger partial charge in [-0.1, -0.05) is 6.42 Å². The fourth-order valence-electron chi connectivity index (χ4n) is 4.93. The predicted molar refractivity (Wildman–Crippen MR) is 145 cm³/mol. The van der Waals surface area contributed by atoms with Gasteiger partial charge < -0.3 is 16.0 Å². The van der Waals surface area contributed by atoms with Crippen LogP contribution in [0.1, 0.15) is 59.3 Å². The zero-order chi connectivity index (χ0) is 24.5. The van der Waals surface area contributed by atoms with Gasteiger partial charge in [0.1, 0.15) is 5.82 Å². The fraction of sp³-hybridized carbons (Fsp3) is 0.357. The molecule has 3 aliphatic rings. The smallest absolute Gasteiger partial charge is 0.229 e. The largest absolute Gasteiger partial charge is 0.340 e. The average Bonchev–Trinajstić information content (AvgIpc) is 2.84. The maximum atomic E-state index is 12.2. The molecule has 2 aromatic carbocycles. The molecule has 1 saturated carbocycles. The summed E-state index contributed by atoms with van der Waals surface area (Å²) in [6.07, 6.45) is 6.48. The second-order valence-electron chi connectivity index (χ2n) is 9.72. The van der Waals surface area contributed by atoms with Gasteiger partial charge in [0.25, 0.3) is 0 Å². The lowest BCUT2D eigenvalue weighted by atomic mass is 9.85. The van der Waals surface area contributed by atoms with Crippen LogP contribution in [0.3, 0.4) is 0 Å². The summed E-state index contributed by atoms with van der Waals surface area (Å²) in [6.45, 7) is 0. The number of amides is 1. The van der Waals surface area contributed by atoms with Crippen LogP contribution in [0.2, 0.25) is 0 Å². The summed E-state index contributed by atoms with van der Waals surface area (Å²) in [5, 5.41) is 9.87. The first-order chi connectivity index (χ1) is 17.6. The molecular formula is C28H29N5O2S. The summed E-state index contributed by atoms with van der Waals surface area (Å²) in [7, 11) is 0. The minimum Gasteiger partial charge on any atom is -0.340 e.